The second-order valence-electron chi connectivity index (χ2n) is 6.71. The van der Waals surface area contributed by atoms with E-state index in [1.54, 1.807) is 12.1 Å². The molecule has 1 fully saturated rings. The van der Waals surface area contributed by atoms with Gasteiger partial charge >= 0.3 is 0 Å². The number of carbonyl (C=O) groups excluding carboxylic acids is 1. The number of unbranched alkanes of at least 4 members (excludes halogenated alkanes) is 4. The number of carbonyl (C=O) groups is 1. The van der Waals surface area contributed by atoms with Crippen LogP contribution in [0.1, 0.15) is 51.9 Å². The van der Waals surface area contributed by atoms with Crippen molar-refractivity contribution < 1.29 is 22.7 Å². The first-order valence-electron chi connectivity index (χ1n) is 9.29. The SMILES string of the molecule is CCCCCCCOc1ccc(S(=O)(=O)C2(C(N)=O)CCOCC2)cc1. The monoisotopic (exact) mass is 383 g/mol. The number of amides is 1. The van der Waals surface area contributed by atoms with Crippen LogP contribution in [0.3, 0.4) is 0 Å². The molecule has 2 rings (SSSR count). The molecule has 7 heteroatoms. The lowest BCUT2D eigenvalue weighted by atomic mass is 9.98. The number of ether oxygens (including phenoxy) is 2. The van der Waals surface area contributed by atoms with Crippen LogP contribution in [0.2, 0.25) is 0 Å². The number of rotatable bonds is 10. The highest BCUT2D eigenvalue weighted by molar-refractivity contribution is 7.93. The largest absolute Gasteiger partial charge is 0.494 e. The van der Waals surface area contributed by atoms with Crippen molar-refractivity contribution in [1.82, 2.24) is 0 Å². The molecule has 1 aliphatic rings. The molecule has 0 atom stereocenters. The molecular weight excluding hydrogens is 354 g/mol. The summed E-state index contributed by atoms with van der Waals surface area (Å²) < 4.78 is 35.3. The summed E-state index contributed by atoms with van der Waals surface area (Å²) in [5.41, 5.74) is 5.47. The standard InChI is InChI=1S/C19H29NO5S/c1-2-3-4-5-6-13-25-16-7-9-17(10-8-16)26(22,23)19(18(20)21)11-14-24-15-12-19/h7-10H,2-6,11-15H2,1H3,(H2,20,21). The molecule has 26 heavy (non-hydrogen) atoms. The Balaban J connectivity index is 2.03. The number of sulfone groups is 1. The molecule has 1 heterocycles. The van der Waals surface area contributed by atoms with Crippen molar-refractivity contribution in [1.29, 1.82) is 0 Å². The predicted molar refractivity (Wildman–Crippen MR) is 99.9 cm³/mol. The fourth-order valence-electron chi connectivity index (χ4n) is 3.18. The molecule has 0 aliphatic carbocycles. The Hall–Kier alpha value is -1.60. The average molecular weight is 384 g/mol. The summed E-state index contributed by atoms with van der Waals surface area (Å²) in [6, 6.07) is 6.24. The lowest BCUT2D eigenvalue weighted by Crippen LogP contribution is -2.53. The highest BCUT2D eigenvalue weighted by Crippen LogP contribution is 2.35. The Kier molecular flexibility index (Phi) is 7.46. The zero-order valence-corrected chi connectivity index (χ0v) is 16.2. The molecule has 0 radical (unpaired) electrons. The molecule has 1 saturated heterocycles. The predicted octanol–water partition coefficient (Wildman–Crippen LogP) is 2.84. The molecule has 0 spiro atoms. The summed E-state index contributed by atoms with van der Waals surface area (Å²) >= 11 is 0. The van der Waals surface area contributed by atoms with Crippen molar-refractivity contribution in [2.75, 3.05) is 19.8 Å². The van der Waals surface area contributed by atoms with E-state index in [1.807, 2.05) is 0 Å². The van der Waals surface area contributed by atoms with Crippen molar-refractivity contribution in [3.05, 3.63) is 24.3 Å². The van der Waals surface area contributed by atoms with Crippen molar-refractivity contribution in [3.8, 4) is 5.75 Å². The molecule has 6 nitrogen and oxygen atoms in total. The molecule has 1 aromatic carbocycles. The van der Waals surface area contributed by atoms with Gasteiger partial charge in [-0.15, -0.1) is 0 Å². The molecule has 0 bridgehead atoms. The van der Waals surface area contributed by atoms with Gasteiger partial charge in [-0.3, -0.25) is 4.79 Å². The minimum atomic E-state index is -3.89. The van der Waals surface area contributed by atoms with Gasteiger partial charge in [-0.25, -0.2) is 8.42 Å². The molecule has 1 aliphatic heterocycles. The highest BCUT2D eigenvalue weighted by Gasteiger charge is 2.51. The van der Waals surface area contributed by atoms with E-state index in [0.717, 1.165) is 12.8 Å². The first-order valence-corrected chi connectivity index (χ1v) is 10.8. The number of nitrogens with two attached hydrogens (primary N) is 1. The third-order valence-electron chi connectivity index (χ3n) is 4.91. The number of primary amides is 1. The summed E-state index contributed by atoms with van der Waals surface area (Å²) in [4.78, 5) is 12.1. The third kappa shape index (κ3) is 4.57. The fraction of sp³-hybridized carbons (Fsp3) is 0.632. The van der Waals surface area contributed by atoms with Gasteiger partial charge in [-0.1, -0.05) is 32.6 Å². The molecule has 0 saturated carbocycles. The molecule has 1 amide bonds. The smallest absolute Gasteiger partial charge is 0.239 e. The lowest BCUT2D eigenvalue weighted by molar-refractivity contribution is -0.122. The van der Waals surface area contributed by atoms with Crippen LogP contribution >= 0.6 is 0 Å². The van der Waals surface area contributed by atoms with Gasteiger partial charge < -0.3 is 15.2 Å². The van der Waals surface area contributed by atoms with Crippen LogP contribution in [0.25, 0.3) is 0 Å². The Morgan fingerprint density at radius 3 is 2.31 bits per heavy atom. The second kappa shape index (κ2) is 9.37. The Bertz CT molecular complexity index is 678. The second-order valence-corrected chi connectivity index (χ2v) is 8.97. The van der Waals surface area contributed by atoms with Crippen molar-refractivity contribution in [2.24, 2.45) is 5.73 Å². The van der Waals surface area contributed by atoms with Crippen LogP contribution in [0.4, 0.5) is 0 Å². The van der Waals surface area contributed by atoms with Gasteiger partial charge in [0.2, 0.25) is 5.91 Å². The summed E-state index contributed by atoms with van der Waals surface area (Å²) in [6.07, 6.45) is 5.92. The first kappa shape index (κ1) is 20.7. The van der Waals surface area contributed by atoms with Crippen LogP contribution in [0.5, 0.6) is 5.75 Å². The Morgan fingerprint density at radius 2 is 1.73 bits per heavy atom. The van der Waals surface area contributed by atoms with Crippen LogP contribution in [0.15, 0.2) is 29.2 Å². The zero-order chi connectivity index (χ0) is 19.0. The van der Waals surface area contributed by atoms with Crippen molar-refractivity contribution >= 4 is 15.7 Å². The number of hydrogen-bond acceptors (Lipinski definition) is 5. The summed E-state index contributed by atoms with van der Waals surface area (Å²) in [5.74, 6) is -0.187. The topological polar surface area (TPSA) is 95.7 Å². The number of hydrogen-bond donors (Lipinski definition) is 1. The quantitative estimate of drug-likeness (QED) is 0.627. The maximum Gasteiger partial charge on any atom is 0.239 e. The van der Waals surface area contributed by atoms with Gasteiger partial charge in [0.15, 0.2) is 14.6 Å². The van der Waals surface area contributed by atoms with Crippen molar-refractivity contribution in [3.63, 3.8) is 0 Å². The van der Waals surface area contributed by atoms with E-state index in [1.165, 1.54) is 31.4 Å². The molecule has 0 aromatic heterocycles. The van der Waals surface area contributed by atoms with E-state index in [-0.39, 0.29) is 31.0 Å². The first-order chi connectivity index (χ1) is 12.4. The maximum absolute atomic E-state index is 13.0. The molecule has 0 unspecified atom stereocenters. The highest BCUT2D eigenvalue weighted by atomic mass is 32.2. The van der Waals surface area contributed by atoms with E-state index < -0.39 is 20.5 Å². The van der Waals surface area contributed by atoms with Crippen LogP contribution in [-0.2, 0) is 19.4 Å². The summed E-state index contributed by atoms with van der Waals surface area (Å²) in [7, 11) is -3.89. The van der Waals surface area contributed by atoms with E-state index >= 15 is 0 Å². The van der Waals surface area contributed by atoms with Gasteiger partial charge in [0, 0.05) is 13.2 Å². The van der Waals surface area contributed by atoms with E-state index in [9.17, 15) is 13.2 Å². The van der Waals surface area contributed by atoms with E-state index in [2.05, 4.69) is 6.92 Å². The normalized spacial score (nSPS) is 17.0. The van der Waals surface area contributed by atoms with E-state index in [0.29, 0.717) is 12.4 Å². The van der Waals surface area contributed by atoms with Gasteiger partial charge in [-0.2, -0.15) is 0 Å². The minimum absolute atomic E-state index is 0.0840. The minimum Gasteiger partial charge on any atom is -0.494 e. The Morgan fingerprint density at radius 1 is 1.12 bits per heavy atom. The summed E-state index contributed by atoms with van der Waals surface area (Å²) in [6.45, 7) is 3.20. The van der Waals surface area contributed by atoms with Gasteiger partial charge in [0.1, 0.15) is 5.75 Å². The van der Waals surface area contributed by atoms with E-state index in [4.69, 9.17) is 15.2 Å². The Labute approximate surface area is 156 Å². The van der Waals surface area contributed by atoms with Gasteiger partial charge in [0.05, 0.1) is 11.5 Å². The van der Waals surface area contributed by atoms with Crippen LogP contribution < -0.4 is 10.5 Å². The molecule has 2 N–H and O–H groups in total. The molecular formula is C19H29NO5S. The summed E-state index contributed by atoms with van der Waals surface area (Å²) in [5, 5.41) is 0. The maximum atomic E-state index is 13.0. The average Bonchev–Trinajstić information content (AvgIpc) is 2.65. The van der Waals surface area contributed by atoms with Crippen LogP contribution in [-0.4, -0.2) is 38.9 Å². The van der Waals surface area contributed by atoms with Gasteiger partial charge in [-0.05, 0) is 43.5 Å². The lowest BCUT2D eigenvalue weighted by Gasteiger charge is -2.33. The zero-order valence-electron chi connectivity index (χ0n) is 15.4. The van der Waals surface area contributed by atoms with Gasteiger partial charge in [0.25, 0.3) is 0 Å². The molecule has 1 aromatic rings. The third-order valence-corrected chi connectivity index (χ3v) is 7.45. The molecule has 146 valence electrons. The van der Waals surface area contributed by atoms with Crippen molar-refractivity contribution in [2.45, 2.75) is 61.5 Å². The number of benzene rings is 1. The fourth-order valence-corrected chi connectivity index (χ4v) is 5.10. The van der Waals surface area contributed by atoms with Crippen LogP contribution in [0, 0.1) is 0 Å².